The predicted molar refractivity (Wildman–Crippen MR) is 113 cm³/mol. The Morgan fingerprint density at radius 1 is 0.964 bits per heavy atom. The van der Waals surface area contributed by atoms with Gasteiger partial charge in [0.05, 0.1) is 19.6 Å². The first kappa shape index (κ1) is 23.8. The lowest BCUT2D eigenvalue weighted by atomic mass is 10.2. The molecule has 0 fully saturated rings. The van der Waals surface area contributed by atoms with Crippen LogP contribution in [0.4, 0.5) is 0 Å². The van der Waals surface area contributed by atoms with Crippen molar-refractivity contribution in [3.8, 4) is 5.75 Å². The Balaban J connectivity index is 2.28. The minimum Gasteiger partial charge on any atom is -0.494 e. The second-order valence-corrected chi connectivity index (χ2v) is 6.60. The summed E-state index contributed by atoms with van der Waals surface area (Å²) in [4.78, 5) is 23.7. The first-order chi connectivity index (χ1) is 13.6. The van der Waals surface area contributed by atoms with E-state index in [9.17, 15) is 9.59 Å². The van der Waals surface area contributed by atoms with Crippen molar-refractivity contribution in [3.63, 3.8) is 0 Å². The van der Waals surface area contributed by atoms with Crippen LogP contribution in [0.1, 0.15) is 62.7 Å². The van der Waals surface area contributed by atoms with Gasteiger partial charge in [0.25, 0.3) is 5.91 Å². The fourth-order valence-electron chi connectivity index (χ4n) is 2.30. The van der Waals surface area contributed by atoms with Crippen LogP contribution in [0.25, 0.3) is 0 Å². The molecule has 1 rings (SSSR count). The average Bonchev–Trinajstić information content (AvgIpc) is 2.69. The fraction of sp³-hybridized carbons (Fsp3) is 0.550. The van der Waals surface area contributed by atoms with Gasteiger partial charge in [-0.1, -0.05) is 32.6 Å². The number of hydrogen-bond acceptors (Lipinski definition) is 5. The van der Waals surface area contributed by atoms with Crippen LogP contribution in [0.5, 0.6) is 5.75 Å². The van der Waals surface area contributed by atoms with Gasteiger partial charge in [0.15, 0.2) is 5.11 Å². The molecule has 0 aliphatic rings. The molecule has 0 aliphatic carbocycles. The normalized spacial score (nSPS) is 10.2. The van der Waals surface area contributed by atoms with Gasteiger partial charge < -0.3 is 9.47 Å². The van der Waals surface area contributed by atoms with E-state index in [-0.39, 0.29) is 23.3 Å². The second kappa shape index (κ2) is 14.8. The number of thiocarbonyl (C=S) groups is 1. The smallest absolute Gasteiger partial charge is 0.257 e. The van der Waals surface area contributed by atoms with Crippen LogP contribution >= 0.6 is 12.2 Å². The van der Waals surface area contributed by atoms with Crippen LogP contribution in [-0.2, 0) is 9.53 Å². The monoisotopic (exact) mass is 409 g/mol. The molecule has 0 unspecified atom stereocenters. The number of hydrazine groups is 1. The molecule has 0 aliphatic heterocycles. The lowest BCUT2D eigenvalue weighted by molar-refractivity contribution is -0.122. The van der Waals surface area contributed by atoms with Gasteiger partial charge in [0, 0.05) is 12.2 Å². The largest absolute Gasteiger partial charge is 0.494 e. The standard InChI is InChI=1S/C20H31N3O4S/c1-3-5-6-7-8-14-27-17-11-9-16(10-12-17)19(25)21-20(28)23-22-18(24)13-15-26-4-2/h9-12H,3-8,13-15H2,1-2H3,(H,22,24)(H2,21,23,25,28). The van der Waals surface area contributed by atoms with Gasteiger partial charge in [0.2, 0.25) is 5.91 Å². The van der Waals surface area contributed by atoms with Crippen molar-refractivity contribution in [1.82, 2.24) is 16.2 Å². The van der Waals surface area contributed by atoms with E-state index in [2.05, 4.69) is 23.1 Å². The summed E-state index contributed by atoms with van der Waals surface area (Å²) in [6.07, 6.45) is 6.12. The van der Waals surface area contributed by atoms with Gasteiger partial charge in [-0.05, 0) is 49.8 Å². The molecular formula is C20H31N3O4S. The molecule has 28 heavy (non-hydrogen) atoms. The van der Waals surface area contributed by atoms with E-state index in [4.69, 9.17) is 21.7 Å². The van der Waals surface area contributed by atoms with Crippen molar-refractivity contribution in [2.45, 2.75) is 52.4 Å². The highest BCUT2D eigenvalue weighted by molar-refractivity contribution is 7.80. The Labute approximate surface area is 172 Å². The Morgan fingerprint density at radius 3 is 2.36 bits per heavy atom. The molecule has 0 aromatic heterocycles. The lowest BCUT2D eigenvalue weighted by Gasteiger charge is -2.11. The second-order valence-electron chi connectivity index (χ2n) is 6.19. The van der Waals surface area contributed by atoms with Crippen LogP contribution in [0.2, 0.25) is 0 Å². The highest BCUT2D eigenvalue weighted by Crippen LogP contribution is 2.13. The quantitative estimate of drug-likeness (QED) is 0.279. The Morgan fingerprint density at radius 2 is 1.68 bits per heavy atom. The van der Waals surface area contributed by atoms with Crippen LogP contribution < -0.4 is 20.9 Å². The van der Waals surface area contributed by atoms with Gasteiger partial charge in [-0.15, -0.1) is 0 Å². The maximum absolute atomic E-state index is 12.2. The molecule has 1 aromatic carbocycles. The first-order valence-electron chi connectivity index (χ1n) is 9.77. The number of rotatable bonds is 12. The third-order valence-corrected chi connectivity index (χ3v) is 4.06. The number of ether oxygens (including phenoxy) is 2. The number of carbonyl (C=O) groups is 2. The topological polar surface area (TPSA) is 88.7 Å². The minimum absolute atomic E-state index is 0.0159. The fourth-order valence-corrected chi connectivity index (χ4v) is 2.45. The number of unbranched alkanes of at least 4 members (excludes halogenated alkanes) is 4. The van der Waals surface area contributed by atoms with Gasteiger partial charge in [-0.25, -0.2) is 0 Å². The van der Waals surface area contributed by atoms with Crippen molar-refractivity contribution in [2.75, 3.05) is 19.8 Å². The van der Waals surface area contributed by atoms with Crippen LogP contribution in [-0.4, -0.2) is 36.7 Å². The summed E-state index contributed by atoms with van der Waals surface area (Å²) in [5.41, 5.74) is 5.34. The Hall–Kier alpha value is -2.19. The third kappa shape index (κ3) is 10.8. The predicted octanol–water partition coefficient (Wildman–Crippen LogP) is 3.10. The summed E-state index contributed by atoms with van der Waals surface area (Å²) in [5, 5.41) is 2.52. The number of hydrogen-bond donors (Lipinski definition) is 3. The molecule has 8 heteroatoms. The van der Waals surface area contributed by atoms with Crippen molar-refractivity contribution < 1.29 is 19.1 Å². The molecule has 0 atom stereocenters. The molecule has 0 heterocycles. The van der Waals surface area contributed by atoms with E-state index in [1.807, 2.05) is 6.92 Å². The summed E-state index contributed by atoms with van der Waals surface area (Å²) < 4.78 is 10.8. The molecule has 156 valence electrons. The van der Waals surface area contributed by atoms with E-state index < -0.39 is 0 Å². The Bertz CT molecular complexity index is 608. The molecule has 0 saturated heterocycles. The maximum Gasteiger partial charge on any atom is 0.257 e. The van der Waals surface area contributed by atoms with E-state index in [1.165, 1.54) is 25.7 Å². The van der Waals surface area contributed by atoms with Gasteiger partial charge in [-0.3, -0.25) is 25.8 Å². The highest BCUT2D eigenvalue weighted by Gasteiger charge is 2.09. The molecule has 1 aromatic rings. The molecule has 0 bridgehead atoms. The Kier molecular flexibility index (Phi) is 12.6. The summed E-state index contributed by atoms with van der Waals surface area (Å²) in [6.45, 7) is 5.60. The van der Waals surface area contributed by atoms with E-state index >= 15 is 0 Å². The molecular weight excluding hydrogens is 378 g/mol. The molecule has 0 spiro atoms. The first-order valence-corrected chi connectivity index (χ1v) is 10.2. The molecule has 0 saturated carbocycles. The van der Waals surface area contributed by atoms with Gasteiger partial charge in [0.1, 0.15) is 5.75 Å². The number of benzene rings is 1. The summed E-state index contributed by atoms with van der Waals surface area (Å²) >= 11 is 5.00. The number of carbonyl (C=O) groups excluding carboxylic acids is 2. The lowest BCUT2D eigenvalue weighted by Crippen LogP contribution is -2.48. The van der Waals surface area contributed by atoms with Crippen LogP contribution in [0.15, 0.2) is 24.3 Å². The number of nitrogens with one attached hydrogen (secondary N) is 3. The minimum atomic E-state index is -0.368. The molecule has 2 amide bonds. The van der Waals surface area contributed by atoms with E-state index in [0.29, 0.717) is 25.4 Å². The molecule has 7 nitrogen and oxygen atoms in total. The summed E-state index contributed by atoms with van der Waals surface area (Å²) in [6, 6.07) is 6.86. The average molecular weight is 410 g/mol. The summed E-state index contributed by atoms with van der Waals surface area (Å²) in [7, 11) is 0. The van der Waals surface area contributed by atoms with Crippen LogP contribution in [0.3, 0.4) is 0 Å². The highest BCUT2D eigenvalue weighted by atomic mass is 32.1. The third-order valence-electron chi connectivity index (χ3n) is 3.85. The van der Waals surface area contributed by atoms with Crippen molar-refractivity contribution in [1.29, 1.82) is 0 Å². The van der Waals surface area contributed by atoms with Gasteiger partial charge in [-0.2, -0.15) is 0 Å². The van der Waals surface area contributed by atoms with E-state index in [0.717, 1.165) is 12.2 Å². The van der Waals surface area contributed by atoms with E-state index in [1.54, 1.807) is 24.3 Å². The molecule has 0 radical (unpaired) electrons. The maximum atomic E-state index is 12.2. The zero-order valence-electron chi connectivity index (χ0n) is 16.7. The van der Waals surface area contributed by atoms with Crippen molar-refractivity contribution in [2.24, 2.45) is 0 Å². The summed E-state index contributed by atoms with van der Waals surface area (Å²) in [5.74, 6) is 0.0859. The van der Waals surface area contributed by atoms with Gasteiger partial charge >= 0.3 is 0 Å². The SMILES string of the molecule is CCCCCCCOc1ccc(C(=O)NC(=S)NNC(=O)CCOCC)cc1. The molecule has 3 N–H and O–H groups in total. The number of amides is 2. The van der Waals surface area contributed by atoms with Crippen molar-refractivity contribution in [3.05, 3.63) is 29.8 Å². The zero-order valence-corrected chi connectivity index (χ0v) is 17.5. The van der Waals surface area contributed by atoms with Crippen molar-refractivity contribution >= 4 is 29.1 Å². The zero-order chi connectivity index (χ0) is 20.6. The van der Waals surface area contributed by atoms with Crippen LogP contribution in [0, 0.1) is 0 Å².